The van der Waals surface area contributed by atoms with Gasteiger partial charge in [0.15, 0.2) is 0 Å². The minimum atomic E-state index is 0.508. The molecule has 94 valence electrons. The number of hydrogen-bond acceptors (Lipinski definition) is 3. The first kappa shape index (κ1) is 12.9. The van der Waals surface area contributed by atoms with Crippen molar-refractivity contribution in [3.63, 3.8) is 0 Å². The fourth-order valence-corrected chi connectivity index (χ4v) is 1.75. The van der Waals surface area contributed by atoms with Gasteiger partial charge in [0.2, 0.25) is 0 Å². The Morgan fingerprint density at radius 3 is 2.78 bits per heavy atom. The summed E-state index contributed by atoms with van der Waals surface area (Å²) in [5.41, 5.74) is 1.73. The minimum Gasteiger partial charge on any atom is -0.490 e. The molecule has 0 unspecified atom stereocenters. The molecule has 18 heavy (non-hydrogen) atoms. The standard InChI is InChI=1S/C14H14ClNO2/c1-17-8-9-18-14-5-3-2-4-12(14)13-10-11(15)6-7-16-13/h2-7,10H,8-9H2,1H3. The van der Waals surface area contributed by atoms with Crippen molar-refractivity contribution in [2.45, 2.75) is 0 Å². The molecule has 0 aliphatic heterocycles. The number of hydrogen-bond donors (Lipinski definition) is 0. The molecule has 0 spiro atoms. The highest BCUT2D eigenvalue weighted by Crippen LogP contribution is 2.29. The molecule has 4 heteroatoms. The van der Waals surface area contributed by atoms with E-state index in [-0.39, 0.29) is 0 Å². The van der Waals surface area contributed by atoms with Crippen molar-refractivity contribution < 1.29 is 9.47 Å². The molecule has 0 N–H and O–H groups in total. The summed E-state index contributed by atoms with van der Waals surface area (Å²) in [4.78, 5) is 4.30. The molecular weight excluding hydrogens is 250 g/mol. The zero-order chi connectivity index (χ0) is 12.8. The van der Waals surface area contributed by atoms with Gasteiger partial charge >= 0.3 is 0 Å². The van der Waals surface area contributed by atoms with Gasteiger partial charge in [0.25, 0.3) is 0 Å². The average molecular weight is 264 g/mol. The maximum atomic E-state index is 5.97. The summed E-state index contributed by atoms with van der Waals surface area (Å²) >= 11 is 5.97. The van der Waals surface area contributed by atoms with E-state index < -0.39 is 0 Å². The van der Waals surface area contributed by atoms with Crippen molar-refractivity contribution in [2.24, 2.45) is 0 Å². The van der Waals surface area contributed by atoms with E-state index in [1.54, 1.807) is 19.4 Å². The van der Waals surface area contributed by atoms with Crippen LogP contribution in [0, 0.1) is 0 Å². The minimum absolute atomic E-state index is 0.508. The molecule has 1 aromatic heterocycles. The Morgan fingerprint density at radius 2 is 2.00 bits per heavy atom. The third kappa shape index (κ3) is 3.22. The first-order valence-corrected chi connectivity index (χ1v) is 6.02. The Balaban J connectivity index is 2.27. The van der Waals surface area contributed by atoms with E-state index >= 15 is 0 Å². The Hall–Kier alpha value is -1.58. The van der Waals surface area contributed by atoms with Gasteiger partial charge in [-0.2, -0.15) is 0 Å². The average Bonchev–Trinajstić information content (AvgIpc) is 2.40. The Morgan fingerprint density at radius 1 is 1.17 bits per heavy atom. The van der Waals surface area contributed by atoms with E-state index in [0.717, 1.165) is 17.0 Å². The van der Waals surface area contributed by atoms with E-state index in [4.69, 9.17) is 21.1 Å². The monoisotopic (exact) mass is 263 g/mol. The van der Waals surface area contributed by atoms with Gasteiger partial charge in [0, 0.05) is 23.9 Å². The topological polar surface area (TPSA) is 31.4 Å². The Bertz CT molecular complexity index is 517. The van der Waals surface area contributed by atoms with Gasteiger partial charge in [-0.3, -0.25) is 4.98 Å². The van der Waals surface area contributed by atoms with E-state index in [0.29, 0.717) is 18.2 Å². The van der Waals surface area contributed by atoms with Crippen LogP contribution >= 0.6 is 11.6 Å². The maximum Gasteiger partial charge on any atom is 0.128 e. The molecule has 0 aliphatic rings. The predicted octanol–water partition coefficient (Wildman–Crippen LogP) is 3.43. The van der Waals surface area contributed by atoms with Gasteiger partial charge < -0.3 is 9.47 Å². The van der Waals surface area contributed by atoms with Crippen LogP contribution in [0.15, 0.2) is 42.6 Å². The summed E-state index contributed by atoms with van der Waals surface area (Å²) in [5, 5.41) is 0.659. The number of nitrogens with zero attached hydrogens (tertiary/aromatic N) is 1. The van der Waals surface area contributed by atoms with Crippen LogP contribution in [0.25, 0.3) is 11.3 Å². The number of para-hydroxylation sites is 1. The highest BCUT2D eigenvalue weighted by atomic mass is 35.5. The number of rotatable bonds is 5. The third-order valence-electron chi connectivity index (χ3n) is 2.43. The quantitative estimate of drug-likeness (QED) is 0.775. The van der Waals surface area contributed by atoms with Crippen LogP contribution in [0.2, 0.25) is 5.02 Å². The first-order chi connectivity index (χ1) is 8.81. The van der Waals surface area contributed by atoms with Gasteiger partial charge in [-0.1, -0.05) is 23.7 Å². The summed E-state index contributed by atoms with van der Waals surface area (Å²) in [6.07, 6.45) is 1.68. The number of ether oxygens (including phenoxy) is 2. The van der Waals surface area contributed by atoms with Crippen LogP contribution in [-0.4, -0.2) is 25.3 Å². The zero-order valence-electron chi connectivity index (χ0n) is 10.1. The summed E-state index contributed by atoms with van der Waals surface area (Å²) < 4.78 is 10.6. The largest absolute Gasteiger partial charge is 0.490 e. The molecule has 0 saturated heterocycles. The highest BCUT2D eigenvalue weighted by Gasteiger charge is 2.07. The lowest BCUT2D eigenvalue weighted by molar-refractivity contribution is 0.146. The van der Waals surface area contributed by atoms with Crippen LogP contribution in [0.3, 0.4) is 0 Å². The smallest absolute Gasteiger partial charge is 0.128 e. The fraction of sp³-hybridized carbons (Fsp3) is 0.214. The van der Waals surface area contributed by atoms with Gasteiger partial charge in [-0.15, -0.1) is 0 Å². The molecule has 0 aliphatic carbocycles. The number of methoxy groups -OCH3 is 1. The second-order valence-corrected chi connectivity index (χ2v) is 4.13. The molecule has 3 nitrogen and oxygen atoms in total. The van der Waals surface area contributed by atoms with Gasteiger partial charge in [-0.25, -0.2) is 0 Å². The van der Waals surface area contributed by atoms with E-state index in [2.05, 4.69) is 4.98 Å². The Kier molecular flexibility index (Phi) is 4.56. The first-order valence-electron chi connectivity index (χ1n) is 5.64. The maximum absolute atomic E-state index is 5.97. The van der Waals surface area contributed by atoms with Crippen molar-refractivity contribution in [3.8, 4) is 17.0 Å². The molecular formula is C14H14ClNO2. The van der Waals surface area contributed by atoms with Gasteiger partial charge in [0.1, 0.15) is 12.4 Å². The highest BCUT2D eigenvalue weighted by molar-refractivity contribution is 6.30. The summed E-state index contributed by atoms with van der Waals surface area (Å²) in [7, 11) is 1.65. The van der Waals surface area contributed by atoms with E-state index in [1.165, 1.54) is 0 Å². The van der Waals surface area contributed by atoms with Gasteiger partial charge in [-0.05, 0) is 24.3 Å². The van der Waals surface area contributed by atoms with Crippen molar-refractivity contribution in [3.05, 3.63) is 47.6 Å². The lowest BCUT2D eigenvalue weighted by Gasteiger charge is -2.10. The molecule has 0 amide bonds. The molecule has 0 radical (unpaired) electrons. The number of benzene rings is 1. The van der Waals surface area contributed by atoms with Crippen LogP contribution < -0.4 is 4.74 Å². The summed E-state index contributed by atoms with van der Waals surface area (Å²) in [6, 6.07) is 11.3. The number of halogens is 1. The molecule has 0 bridgehead atoms. The molecule has 0 saturated carbocycles. The fourth-order valence-electron chi connectivity index (χ4n) is 1.59. The predicted molar refractivity (Wildman–Crippen MR) is 72.1 cm³/mol. The zero-order valence-corrected chi connectivity index (χ0v) is 10.9. The van der Waals surface area contributed by atoms with Crippen molar-refractivity contribution in [1.82, 2.24) is 4.98 Å². The lowest BCUT2D eigenvalue weighted by atomic mass is 10.1. The van der Waals surface area contributed by atoms with Crippen molar-refractivity contribution >= 4 is 11.6 Å². The molecule has 2 rings (SSSR count). The second kappa shape index (κ2) is 6.38. The number of pyridine rings is 1. The number of aromatic nitrogens is 1. The van der Waals surface area contributed by atoms with Crippen LogP contribution in [0.4, 0.5) is 0 Å². The SMILES string of the molecule is COCCOc1ccccc1-c1cc(Cl)ccn1. The lowest BCUT2D eigenvalue weighted by Crippen LogP contribution is -2.05. The van der Waals surface area contributed by atoms with Crippen molar-refractivity contribution in [2.75, 3.05) is 20.3 Å². The van der Waals surface area contributed by atoms with Crippen LogP contribution in [-0.2, 0) is 4.74 Å². The van der Waals surface area contributed by atoms with Gasteiger partial charge in [0.05, 0.1) is 12.3 Å². The third-order valence-corrected chi connectivity index (χ3v) is 2.67. The molecule has 1 heterocycles. The molecule has 0 fully saturated rings. The Labute approximate surface area is 111 Å². The normalized spacial score (nSPS) is 10.3. The van der Waals surface area contributed by atoms with Crippen LogP contribution in [0.1, 0.15) is 0 Å². The summed E-state index contributed by atoms with van der Waals surface area (Å²) in [6.45, 7) is 1.06. The van der Waals surface area contributed by atoms with E-state index in [9.17, 15) is 0 Å². The second-order valence-electron chi connectivity index (χ2n) is 3.70. The molecule has 0 atom stereocenters. The summed E-state index contributed by atoms with van der Waals surface area (Å²) in [5.74, 6) is 0.782. The molecule has 2 aromatic rings. The van der Waals surface area contributed by atoms with Crippen molar-refractivity contribution in [1.29, 1.82) is 0 Å². The van der Waals surface area contributed by atoms with Crippen LogP contribution in [0.5, 0.6) is 5.75 Å². The molecule has 1 aromatic carbocycles. The van der Waals surface area contributed by atoms with E-state index in [1.807, 2.05) is 30.3 Å².